The molecule has 0 spiro atoms. The fourth-order valence-electron chi connectivity index (χ4n) is 5.79. The Morgan fingerprint density at radius 2 is 1.21 bits per heavy atom. The summed E-state index contributed by atoms with van der Waals surface area (Å²) >= 11 is 0. The van der Waals surface area contributed by atoms with Crippen molar-refractivity contribution >= 4 is 49.1 Å². The molecule has 0 unspecified atom stereocenters. The first-order valence-corrected chi connectivity index (χ1v) is 13.3. The molecule has 38 heavy (non-hydrogen) atoms. The summed E-state index contributed by atoms with van der Waals surface area (Å²) in [6.07, 6.45) is 0. The second-order valence-electron chi connectivity index (χ2n) is 9.75. The molecule has 7 rings (SSSR count). The van der Waals surface area contributed by atoms with Crippen LogP contribution >= 0.6 is 0 Å². The van der Waals surface area contributed by atoms with Crippen molar-refractivity contribution < 1.29 is 4.42 Å². The molecule has 0 radical (unpaired) electrons. The summed E-state index contributed by atoms with van der Waals surface area (Å²) in [6, 6.07) is 38.7. The van der Waals surface area contributed by atoms with E-state index in [4.69, 9.17) is 9.40 Å². The Morgan fingerprint density at radius 3 is 1.84 bits per heavy atom. The highest BCUT2D eigenvalue weighted by molar-refractivity contribution is 6.14. The Morgan fingerprint density at radius 1 is 0.632 bits per heavy atom. The first kappa shape index (κ1) is 22.6. The van der Waals surface area contributed by atoms with E-state index in [2.05, 4.69) is 128 Å². The summed E-state index contributed by atoms with van der Waals surface area (Å²) in [4.78, 5) is 7.50. The van der Waals surface area contributed by atoms with E-state index < -0.39 is 0 Å². The van der Waals surface area contributed by atoms with Gasteiger partial charge in [-0.3, -0.25) is 0 Å². The van der Waals surface area contributed by atoms with Crippen molar-refractivity contribution in [1.82, 2.24) is 4.98 Å². The van der Waals surface area contributed by atoms with Crippen LogP contribution in [0.3, 0.4) is 0 Å². The van der Waals surface area contributed by atoms with Gasteiger partial charge in [-0.25, -0.2) is 4.98 Å². The van der Waals surface area contributed by atoms with Crippen LogP contribution in [0.25, 0.3) is 66.0 Å². The van der Waals surface area contributed by atoms with Gasteiger partial charge in [0.25, 0.3) is 0 Å². The first-order valence-electron chi connectivity index (χ1n) is 13.3. The van der Waals surface area contributed by atoms with E-state index in [1.54, 1.807) is 0 Å². The molecule has 1 heterocycles. The smallest absolute Gasteiger partial charge is 0.228 e. The van der Waals surface area contributed by atoms with Crippen molar-refractivity contribution in [3.63, 3.8) is 0 Å². The maximum Gasteiger partial charge on any atom is 0.228 e. The summed E-state index contributed by atoms with van der Waals surface area (Å²) < 4.78 is 6.62. The lowest BCUT2D eigenvalue weighted by Gasteiger charge is -2.21. The summed E-state index contributed by atoms with van der Waals surface area (Å²) in [5.41, 5.74) is 6.32. The Labute approximate surface area is 222 Å². The SMILES string of the molecule is CCN(CC)c1ccc(-c2cc3oc(-c4c5ccccc5cc5ccccc45)nc3c3ccccc23)cc1. The van der Waals surface area contributed by atoms with Crippen molar-refractivity contribution in [1.29, 1.82) is 0 Å². The molecule has 0 amide bonds. The van der Waals surface area contributed by atoms with Crippen LogP contribution < -0.4 is 4.90 Å². The molecule has 0 bridgehead atoms. The molecular weight excluding hydrogens is 464 g/mol. The Kier molecular flexibility index (Phi) is 5.36. The summed E-state index contributed by atoms with van der Waals surface area (Å²) in [6.45, 7) is 6.38. The van der Waals surface area contributed by atoms with Crippen LogP contribution in [0.15, 0.2) is 114 Å². The minimum atomic E-state index is 0.659. The van der Waals surface area contributed by atoms with Gasteiger partial charge in [0.1, 0.15) is 5.52 Å². The fourth-order valence-corrected chi connectivity index (χ4v) is 5.79. The number of aromatic nitrogens is 1. The molecule has 0 atom stereocenters. The van der Waals surface area contributed by atoms with Crippen LogP contribution in [0, 0.1) is 0 Å². The van der Waals surface area contributed by atoms with Crippen molar-refractivity contribution in [3.8, 4) is 22.6 Å². The van der Waals surface area contributed by atoms with Gasteiger partial charge in [-0.1, -0.05) is 84.9 Å². The average Bonchev–Trinajstić information content (AvgIpc) is 3.40. The highest BCUT2D eigenvalue weighted by Gasteiger charge is 2.19. The van der Waals surface area contributed by atoms with Crippen molar-refractivity contribution in [2.24, 2.45) is 0 Å². The standard InChI is InChI=1S/C35H28N2O/c1-3-37(4-2)26-19-17-23(18-20-26)31-22-32-34(30-16-10-9-15-29(30)31)36-35(38-32)33-27-13-7-5-11-24(27)21-25-12-6-8-14-28(25)33/h5-22H,3-4H2,1-2H3. The highest BCUT2D eigenvalue weighted by Crippen LogP contribution is 2.41. The highest BCUT2D eigenvalue weighted by atomic mass is 16.3. The number of fused-ring (bicyclic) bond motifs is 5. The Balaban J connectivity index is 1.47. The Bertz CT molecular complexity index is 1890. The molecule has 0 aliphatic carbocycles. The van der Waals surface area contributed by atoms with Gasteiger partial charge in [0.2, 0.25) is 5.89 Å². The number of anilines is 1. The van der Waals surface area contributed by atoms with Crippen LogP contribution in [-0.2, 0) is 0 Å². The summed E-state index contributed by atoms with van der Waals surface area (Å²) in [7, 11) is 0. The van der Waals surface area contributed by atoms with E-state index >= 15 is 0 Å². The molecule has 1 aromatic heterocycles. The lowest BCUT2D eigenvalue weighted by Crippen LogP contribution is -2.21. The van der Waals surface area contributed by atoms with Gasteiger partial charge < -0.3 is 9.32 Å². The predicted molar refractivity (Wildman–Crippen MR) is 161 cm³/mol. The molecule has 0 saturated heterocycles. The van der Waals surface area contributed by atoms with Gasteiger partial charge in [-0.2, -0.15) is 0 Å². The zero-order valence-electron chi connectivity index (χ0n) is 21.6. The number of hydrogen-bond donors (Lipinski definition) is 0. The van der Waals surface area contributed by atoms with Crippen LogP contribution in [0.4, 0.5) is 5.69 Å². The topological polar surface area (TPSA) is 29.3 Å². The predicted octanol–water partition coefficient (Wildman–Crippen LogP) is 9.47. The molecule has 0 aliphatic heterocycles. The van der Waals surface area contributed by atoms with Crippen LogP contribution in [-0.4, -0.2) is 18.1 Å². The van der Waals surface area contributed by atoms with E-state index in [1.807, 2.05) is 0 Å². The molecule has 0 aliphatic rings. The average molecular weight is 493 g/mol. The minimum Gasteiger partial charge on any atom is -0.436 e. The van der Waals surface area contributed by atoms with Gasteiger partial charge in [0.05, 0.1) is 5.56 Å². The minimum absolute atomic E-state index is 0.659. The molecule has 0 N–H and O–H groups in total. The van der Waals surface area contributed by atoms with E-state index in [9.17, 15) is 0 Å². The maximum atomic E-state index is 6.62. The number of oxazole rings is 1. The lowest BCUT2D eigenvalue weighted by molar-refractivity contribution is 0.621. The van der Waals surface area contributed by atoms with E-state index in [1.165, 1.54) is 27.4 Å². The normalized spacial score (nSPS) is 11.6. The van der Waals surface area contributed by atoms with E-state index in [0.717, 1.165) is 51.5 Å². The zero-order chi connectivity index (χ0) is 25.6. The molecule has 3 nitrogen and oxygen atoms in total. The summed E-state index contributed by atoms with van der Waals surface area (Å²) in [5, 5.41) is 6.94. The van der Waals surface area contributed by atoms with Crippen LogP contribution in [0.2, 0.25) is 0 Å². The largest absolute Gasteiger partial charge is 0.436 e. The molecule has 6 aromatic carbocycles. The van der Waals surface area contributed by atoms with Gasteiger partial charge in [0, 0.05) is 24.2 Å². The molecular formula is C35H28N2O. The van der Waals surface area contributed by atoms with Gasteiger partial charge in [-0.15, -0.1) is 0 Å². The number of hydrogen-bond acceptors (Lipinski definition) is 3. The van der Waals surface area contributed by atoms with E-state index in [-0.39, 0.29) is 0 Å². The van der Waals surface area contributed by atoms with E-state index in [0.29, 0.717) is 5.89 Å². The lowest BCUT2D eigenvalue weighted by atomic mass is 9.96. The molecule has 0 saturated carbocycles. The molecule has 0 fully saturated rings. The molecule has 7 aromatic rings. The quantitative estimate of drug-likeness (QED) is 0.224. The van der Waals surface area contributed by atoms with Gasteiger partial charge in [0.15, 0.2) is 5.58 Å². The van der Waals surface area contributed by atoms with Crippen molar-refractivity contribution in [2.75, 3.05) is 18.0 Å². The Hall–Kier alpha value is -4.63. The molecule has 3 heteroatoms. The van der Waals surface area contributed by atoms with Gasteiger partial charge in [-0.05, 0) is 76.2 Å². The third-order valence-electron chi connectivity index (χ3n) is 7.69. The third-order valence-corrected chi connectivity index (χ3v) is 7.69. The number of rotatable bonds is 5. The second kappa shape index (κ2) is 9.04. The van der Waals surface area contributed by atoms with Crippen LogP contribution in [0.5, 0.6) is 0 Å². The van der Waals surface area contributed by atoms with Crippen molar-refractivity contribution in [2.45, 2.75) is 13.8 Å². The maximum absolute atomic E-state index is 6.62. The van der Waals surface area contributed by atoms with Gasteiger partial charge >= 0.3 is 0 Å². The molecule has 184 valence electrons. The monoisotopic (exact) mass is 492 g/mol. The second-order valence-corrected chi connectivity index (χ2v) is 9.75. The summed E-state index contributed by atoms with van der Waals surface area (Å²) in [5.74, 6) is 0.659. The third kappa shape index (κ3) is 3.54. The van der Waals surface area contributed by atoms with Crippen molar-refractivity contribution in [3.05, 3.63) is 109 Å². The fraction of sp³-hybridized carbons (Fsp3) is 0.114. The number of benzene rings is 6. The number of nitrogens with zero attached hydrogens (tertiary/aromatic N) is 2. The zero-order valence-corrected chi connectivity index (χ0v) is 21.6. The first-order chi connectivity index (χ1) is 18.7. The van der Waals surface area contributed by atoms with Crippen LogP contribution in [0.1, 0.15) is 13.8 Å².